The van der Waals surface area contributed by atoms with E-state index in [0.717, 1.165) is 10.0 Å². The third-order valence-electron chi connectivity index (χ3n) is 3.72. The maximum absolute atomic E-state index is 12.4. The Bertz CT molecular complexity index is 739. The lowest BCUT2D eigenvalue weighted by Crippen LogP contribution is -2.39. The molecular weight excluding hydrogens is 354 g/mol. The molecule has 0 fully saturated rings. The van der Waals surface area contributed by atoms with Crippen molar-refractivity contribution < 1.29 is 4.79 Å². The summed E-state index contributed by atoms with van der Waals surface area (Å²) in [5.41, 5.74) is 2.12. The topological polar surface area (TPSA) is 56.1 Å². The second-order valence-corrected chi connectivity index (χ2v) is 6.18. The molecule has 0 heterocycles. The first-order valence-corrected chi connectivity index (χ1v) is 8.06. The number of nitrogens with one attached hydrogen (secondary N) is 1. The fourth-order valence-corrected chi connectivity index (χ4v) is 2.57. The summed E-state index contributed by atoms with van der Waals surface area (Å²) < 4.78 is 1.02. The second-order valence-electron chi connectivity index (χ2n) is 5.33. The van der Waals surface area contributed by atoms with E-state index >= 15 is 0 Å². The minimum atomic E-state index is -0.325. The minimum Gasteiger partial charge on any atom is -0.324 e. The quantitative estimate of drug-likeness (QED) is 0.869. The summed E-state index contributed by atoms with van der Waals surface area (Å²) in [6.07, 6.45) is 0. The van der Waals surface area contributed by atoms with Crippen LogP contribution in [0.15, 0.2) is 53.0 Å². The molecule has 2 aromatic rings. The number of anilines is 1. The number of rotatable bonds is 5. The van der Waals surface area contributed by atoms with E-state index in [1.165, 1.54) is 0 Å². The number of amides is 1. The highest BCUT2D eigenvalue weighted by Crippen LogP contribution is 2.19. The summed E-state index contributed by atoms with van der Waals surface area (Å²) >= 11 is 3.52. The zero-order chi connectivity index (χ0) is 16.8. The molecule has 4 nitrogen and oxygen atoms in total. The molecule has 1 amide bonds. The van der Waals surface area contributed by atoms with Crippen LogP contribution in [0.25, 0.3) is 0 Å². The first-order chi connectivity index (χ1) is 11.0. The third-order valence-corrected chi connectivity index (χ3v) is 4.50. The number of hydrogen-bond acceptors (Lipinski definition) is 3. The number of hydrogen-bond donors (Lipinski definition) is 1. The van der Waals surface area contributed by atoms with E-state index in [9.17, 15) is 4.79 Å². The van der Waals surface area contributed by atoms with Crippen molar-refractivity contribution in [1.29, 1.82) is 5.26 Å². The summed E-state index contributed by atoms with van der Waals surface area (Å²) in [4.78, 5) is 14.4. The van der Waals surface area contributed by atoms with Gasteiger partial charge in [-0.2, -0.15) is 5.26 Å². The molecule has 0 aliphatic carbocycles. The van der Waals surface area contributed by atoms with Crippen molar-refractivity contribution in [3.05, 3.63) is 64.1 Å². The number of halogens is 1. The highest BCUT2D eigenvalue weighted by Gasteiger charge is 2.19. The van der Waals surface area contributed by atoms with Crippen LogP contribution in [0.1, 0.15) is 18.1 Å². The van der Waals surface area contributed by atoms with Gasteiger partial charge in [-0.3, -0.25) is 9.69 Å². The van der Waals surface area contributed by atoms with Crippen molar-refractivity contribution in [2.45, 2.75) is 19.5 Å². The van der Waals surface area contributed by atoms with E-state index in [1.54, 1.807) is 24.3 Å². The number of carbonyl (C=O) groups is 1. The number of likely N-dealkylation sites (N-methyl/N-ethyl adjacent to an activating group) is 1. The first kappa shape index (κ1) is 17.2. The Morgan fingerprint density at radius 2 is 1.91 bits per heavy atom. The van der Waals surface area contributed by atoms with E-state index in [0.29, 0.717) is 17.8 Å². The maximum Gasteiger partial charge on any atom is 0.241 e. The normalized spacial score (nSPS) is 11.8. The summed E-state index contributed by atoms with van der Waals surface area (Å²) in [6, 6.07) is 16.7. The molecular formula is C18H18BrN3O. The number of benzene rings is 2. The van der Waals surface area contributed by atoms with Gasteiger partial charge >= 0.3 is 0 Å². The van der Waals surface area contributed by atoms with Crippen LogP contribution in [-0.2, 0) is 11.3 Å². The molecule has 0 saturated carbocycles. The van der Waals surface area contributed by atoms with E-state index in [1.807, 2.05) is 43.1 Å². The lowest BCUT2D eigenvalue weighted by atomic mass is 10.1. The van der Waals surface area contributed by atoms with Gasteiger partial charge in [-0.05, 0) is 37.7 Å². The third kappa shape index (κ3) is 4.41. The fraction of sp³-hybridized carbons (Fsp3) is 0.222. The van der Waals surface area contributed by atoms with Crippen molar-refractivity contribution >= 4 is 27.5 Å². The maximum atomic E-state index is 12.4. The van der Waals surface area contributed by atoms with Crippen LogP contribution in [0.2, 0.25) is 0 Å². The van der Waals surface area contributed by atoms with Gasteiger partial charge in [0.25, 0.3) is 0 Å². The van der Waals surface area contributed by atoms with E-state index in [-0.39, 0.29) is 11.9 Å². The van der Waals surface area contributed by atoms with Crippen LogP contribution in [0.5, 0.6) is 0 Å². The van der Waals surface area contributed by atoms with Crippen molar-refractivity contribution in [2.75, 3.05) is 12.4 Å². The molecule has 0 spiro atoms. The van der Waals surface area contributed by atoms with Gasteiger partial charge in [-0.1, -0.05) is 46.3 Å². The molecule has 0 bridgehead atoms. The number of para-hydroxylation sites is 1. The summed E-state index contributed by atoms with van der Waals surface area (Å²) in [5, 5.41) is 11.9. The smallest absolute Gasteiger partial charge is 0.241 e. The van der Waals surface area contributed by atoms with Gasteiger partial charge in [0.2, 0.25) is 5.91 Å². The number of carbonyl (C=O) groups excluding carboxylic acids is 1. The molecule has 118 valence electrons. The highest BCUT2D eigenvalue weighted by molar-refractivity contribution is 9.10. The second kappa shape index (κ2) is 7.91. The van der Waals surface area contributed by atoms with E-state index in [4.69, 9.17) is 5.26 Å². The van der Waals surface area contributed by atoms with Crippen molar-refractivity contribution in [2.24, 2.45) is 0 Å². The van der Waals surface area contributed by atoms with Gasteiger partial charge in [0.05, 0.1) is 17.3 Å². The monoisotopic (exact) mass is 371 g/mol. The summed E-state index contributed by atoms with van der Waals surface area (Å²) in [5.74, 6) is -0.137. The zero-order valence-corrected chi connectivity index (χ0v) is 14.7. The summed E-state index contributed by atoms with van der Waals surface area (Å²) in [6.45, 7) is 2.50. The average molecular weight is 372 g/mol. The zero-order valence-electron chi connectivity index (χ0n) is 13.1. The number of nitriles is 1. The molecule has 2 aromatic carbocycles. The lowest BCUT2D eigenvalue weighted by molar-refractivity contribution is -0.120. The van der Waals surface area contributed by atoms with Gasteiger partial charge < -0.3 is 5.32 Å². The predicted molar refractivity (Wildman–Crippen MR) is 94.9 cm³/mol. The Morgan fingerprint density at radius 1 is 1.26 bits per heavy atom. The lowest BCUT2D eigenvalue weighted by Gasteiger charge is -2.24. The first-order valence-electron chi connectivity index (χ1n) is 7.26. The van der Waals surface area contributed by atoms with Crippen LogP contribution in [0.3, 0.4) is 0 Å². The Kier molecular flexibility index (Phi) is 5.91. The Hall–Kier alpha value is -2.16. The number of nitrogens with zero attached hydrogens (tertiary/aromatic N) is 2. The average Bonchev–Trinajstić information content (AvgIpc) is 2.56. The molecule has 1 atom stereocenters. The van der Waals surface area contributed by atoms with Crippen molar-refractivity contribution in [3.63, 3.8) is 0 Å². The highest BCUT2D eigenvalue weighted by atomic mass is 79.9. The van der Waals surface area contributed by atoms with Gasteiger partial charge in [-0.25, -0.2) is 0 Å². The predicted octanol–water partition coefficient (Wildman–Crippen LogP) is 3.78. The van der Waals surface area contributed by atoms with Gasteiger partial charge in [0.15, 0.2) is 0 Å². The Morgan fingerprint density at radius 3 is 2.61 bits per heavy atom. The molecule has 0 saturated heterocycles. The Balaban J connectivity index is 2.04. The van der Waals surface area contributed by atoms with Crippen molar-refractivity contribution in [1.82, 2.24) is 4.90 Å². The SMILES string of the molecule is CC(C(=O)Nc1ccccc1C#N)N(C)Cc1ccccc1Br. The largest absolute Gasteiger partial charge is 0.324 e. The van der Waals surface area contributed by atoms with Gasteiger partial charge in [-0.15, -0.1) is 0 Å². The van der Waals surface area contributed by atoms with Crippen molar-refractivity contribution in [3.8, 4) is 6.07 Å². The van der Waals surface area contributed by atoms with Crippen LogP contribution >= 0.6 is 15.9 Å². The van der Waals surface area contributed by atoms with E-state index < -0.39 is 0 Å². The summed E-state index contributed by atoms with van der Waals surface area (Å²) in [7, 11) is 1.90. The molecule has 0 aromatic heterocycles. The molecule has 1 unspecified atom stereocenters. The minimum absolute atomic E-state index is 0.137. The molecule has 1 N–H and O–H groups in total. The van der Waals surface area contributed by atoms with Crippen LogP contribution in [0, 0.1) is 11.3 Å². The van der Waals surface area contributed by atoms with Gasteiger partial charge in [0.1, 0.15) is 6.07 Å². The molecule has 5 heteroatoms. The Labute approximate surface area is 144 Å². The molecule has 23 heavy (non-hydrogen) atoms. The van der Waals surface area contributed by atoms with Crippen LogP contribution in [0.4, 0.5) is 5.69 Å². The molecule has 2 rings (SSSR count). The standard InChI is InChI=1S/C18H18BrN3O/c1-13(22(2)12-15-8-3-5-9-16(15)19)18(23)21-17-10-6-4-7-14(17)11-20/h3-10,13H,12H2,1-2H3,(H,21,23). The molecule has 0 aliphatic heterocycles. The van der Waals surface area contributed by atoms with Crippen LogP contribution in [-0.4, -0.2) is 23.9 Å². The van der Waals surface area contributed by atoms with E-state index in [2.05, 4.69) is 27.3 Å². The molecule has 0 radical (unpaired) electrons. The van der Waals surface area contributed by atoms with Crippen LogP contribution < -0.4 is 5.32 Å². The van der Waals surface area contributed by atoms with Gasteiger partial charge in [0, 0.05) is 11.0 Å². The molecule has 0 aliphatic rings. The fourth-order valence-electron chi connectivity index (χ4n) is 2.16.